The van der Waals surface area contributed by atoms with Gasteiger partial charge in [-0.2, -0.15) is 5.26 Å². The minimum absolute atomic E-state index is 0.246. The van der Waals surface area contributed by atoms with Crippen molar-refractivity contribution in [2.24, 2.45) is 5.73 Å². The first kappa shape index (κ1) is 17.2. The minimum Gasteiger partial charge on any atom is -0.368 e. The Morgan fingerprint density at radius 1 is 1.36 bits per heavy atom. The Kier molecular flexibility index (Phi) is 6.57. The molecule has 0 fully saturated rings. The van der Waals surface area contributed by atoms with E-state index in [9.17, 15) is 14.4 Å². The molecule has 0 bridgehead atoms. The van der Waals surface area contributed by atoms with Crippen LogP contribution in [-0.2, 0) is 9.59 Å². The molecule has 7 heteroatoms. The molecule has 0 aromatic heterocycles. The van der Waals surface area contributed by atoms with Gasteiger partial charge in [-0.25, -0.2) is 0 Å². The fraction of sp³-hybridized carbons (Fsp3) is 0.333. The Bertz CT molecular complexity index is 607. The molecule has 0 saturated carbocycles. The van der Waals surface area contributed by atoms with Gasteiger partial charge in [0.1, 0.15) is 6.04 Å². The predicted molar refractivity (Wildman–Crippen MR) is 80.7 cm³/mol. The number of nitrogens with one attached hydrogen (secondary N) is 2. The molecule has 7 nitrogen and oxygen atoms in total. The second-order valence-electron chi connectivity index (χ2n) is 4.74. The third kappa shape index (κ3) is 5.63. The number of nitriles is 1. The van der Waals surface area contributed by atoms with Crippen molar-refractivity contribution in [2.75, 3.05) is 5.32 Å². The number of benzene rings is 1. The third-order valence-electron chi connectivity index (χ3n) is 2.88. The molecule has 1 aromatic rings. The number of anilines is 1. The van der Waals surface area contributed by atoms with Crippen LogP contribution in [0.2, 0.25) is 0 Å². The molecular formula is C15H18N4O3. The molecule has 22 heavy (non-hydrogen) atoms. The van der Waals surface area contributed by atoms with Gasteiger partial charge in [0.15, 0.2) is 0 Å². The highest BCUT2D eigenvalue weighted by Crippen LogP contribution is 2.11. The quantitative estimate of drug-likeness (QED) is 0.647. The van der Waals surface area contributed by atoms with Gasteiger partial charge in [0, 0.05) is 24.6 Å². The SMILES string of the molecule is CC(=O)Nc1cccc(C(=O)N[C@H](CCCC#N)C(N)=O)c1. The van der Waals surface area contributed by atoms with E-state index in [2.05, 4.69) is 10.6 Å². The summed E-state index contributed by atoms with van der Waals surface area (Å²) < 4.78 is 0. The Hall–Kier alpha value is -2.88. The second kappa shape index (κ2) is 8.42. The van der Waals surface area contributed by atoms with E-state index >= 15 is 0 Å². The number of rotatable bonds is 7. The first-order valence-corrected chi connectivity index (χ1v) is 6.79. The van der Waals surface area contributed by atoms with E-state index < -0.39 is 17.9 Å². The van der Waals surface area contributed by atoms with E-state index in [1.54, 1.807) is 18.2 Å². The summed E-state index contributed by atoms with van der Waals surface area (Å²) in [7, 11) is 0. The van der Waals surface area contributed by atoms with Crippen LogP contribution in [0, 0.1) is 11.3 Å². The maximum absolute atomic E-state index is 12.1. The van der Waals surface area contributed by atoms with Crippen molar-refractivity contribution in [3.63, 3.8) is 0 Å². The molecule has 3 amide bonds. The van der Waals surface area contributed by atoms with Crippen LogP contribution >= 0.6 is 0 Å². The average Bonchev–Trinajstić information content (AvgIpc) is 2.45. The van der Waals surface area contributed by atoms with Crippen molar-refractivity contribution in [3.05, 3.63) is 29.8 Å². The van der Waals surface area contributed by atoms with Crippen LogP contribution < -0.4 is 16.4 Å². The van der Waals surface area contributed by atoms with Crippen LogP contribution in [0.1, 0.15) is 36.5 Å². The van der Waals surface area contributed by atoms with Gasteiger partial charge >= 0.3 is 0 Å². The summed E-state index contributed by atoms with van der Waals surface area (Å²) in [6, 6.07) is 7.48. The van der Waals surface area contributed by atoms with E-state index in [1.807, 2.05) is 6.07 Å². The van der Waals surface area contributed by atoms with E-state index in [0.29, 0.717) is 24.1 Å². The number of hydrogen-bond donors (Lipinski definition) is 3. The maximum atomic E-state index is 12.1. The van der Waals surface area contributed by atoms with Crippen LogP contribution in [-0.4, -0.2) is 23.8 Å². The molecule has 0 radical (unpaired) electrons. The Balaban J connectivity index is 2.75. The second-order valence-corrected chi connectivity index (χ2v) is 4.74. The number of hydrogen-bond acceptors (Lipinski definition) is 4. The molecule has 116 valence electrons. The molecule has 1 atom stereocenters. The Labute approximate surface area is 128 Å². The molecule has 0 aliphatic heterocycles. The monoisotopic (exact) mass is 302 g/mol. The van der Waals surface area contributed by atoms with Crippen molar-refractivity contribution in [1.29, 1.82) is 5.26 Å². The van der Waals surface area contributed by atoms with E-state index in [0.717, 1.165) is 0 Å². The fourth-order valence-electron chi connectivity index (χ4n) is 1.85. The zero-order valence-corrected chi connectivity index (χ0v) is 12.3. The van der Waals surface area contributed by atoms with Gasteiger partial charge in [-0.05, 0) is 31.0 Å². The molecule has 1 aromatic carbocycles. The highest BCUT2D eigenvalue weighted by Gasteiger charge is 2.18. The van der Waals surface area contributed by atoms with Gasteiger partial charge in [0.2, 0.25) is 11.8 Å². The third-order valence-corrected chi connectivity index (χ3v) is 2.88. The van der Waals surface area contributed by atoms with Gasteiger partial charge in [-0.3, -0.25) is 14.4 Å². The summed E-state index contributed by atoms with van der Waals surface area (Å²) in [6.45, 7) is 1.37. The number of unbranched alkanes of at least 4 members (excludes halogenated alkanes) is 1. The lowest BCUT2D eigenvalue weighted by atomic mass is 10.1. The average molecular weight is 302 g/mol. The molecule has 4 N–H and O–H groups in total. The summed E-state index contributed by atoms with van der Waals surface area (Å²) >= 11 is 0. The Morgan fingerprint density at radius 2 is 2.09 bits per heavy atom. The zero-order valence-electron chi connectivity index (χ0n) is 12.3. The molecule has 0 saturated heterocycles. The molecule has 1 rings (SSSR count). The van der Waals surface area contributed by atoms with Crippen molar-refractivity contribution < 1.29 is 14.4 Å². The summed E-state index contributed by atoms with van der Waals surface area (Å²) in [6.07, 6.45) is 1.06. The lowest BCUT2D eigenvalue weighted by Crippen LogP contribution is -2.44. The van der Waals surface area contributed by atoms with Crippen LogP contribution in [0.15, 0.2) is 24.3 Å². The maximum Gasteiger partial charge on any atom is 0.252 e. The van der Waals surface area contributed by atoms with E-state index in [1.165, 1.54) is 13.0 Å². The number of nitrogens with two attached hydrogens (primary N) is 1. The fourth-order valence-corrected chi connectivity index (χ4v) is 1.85. The molecule has 0 aliphatic rings. The van der Waals surface area contributed by atoms with Crippen molar-refractivity contribution in [1.82, 2.24) is 5.32 Å². The number of carbonyl (C=O) groups is 3. The zero-order chi connectivity index (χ0) is 16.5. The molecule has 0 spiro atoms. The number of carbonyl (C=O) groups excluding carboxylic acids is 3. The predicted octanol–water partition coefficient (Wildman–Crippen LogP) is 0.923. The summed E-state index contributed by atoms with van der Waals surface area (Å²) in [4.78, 5) is 34.5. The van der Waals surface area contributed by atoms with Crippen molar-refractivity contribution in [2.45, 2.75) is 32.2 Å². The largest absolute Gasteiger partial charge is 0.368 e. The number of amides is 3. The van der Waals surface area contributed by atoms with Crippen LogP contribution in [0.4, 0.5) is 5.69 Å². The van der Waals surface area contributed by atoms with Crippen LogP contribution in [0.5, 0.6) is 0 Å². The molecule has 0 heterocycles. The van der Waals surface area contributed by atoms with Gasteiger partial charge in [0.05, 0.1) is 6.07 Å². The number of nitrogens with zero attached hydrogens (tertiary/aromatic N) is 1. The summed E-state index contributed by atoms with van der Waals surface area (Å²) in [5.74, 6) is -1.36. The first-order valence-electron chi connectivity index (χ1n) is 6.79. The van der Waals surface area contributed by atoms with Gasteiger partial charge in [0.25, 0.3) is 5.91 Å². The van der Waals surface area contributed by atoms with Crippen LogP contribution in [0.25, 0.3) is 0 Å². The number of primary amides is 1. The highest BCUT2D eigenvalue weighted by atomic mass is 16.2. The lowest BCUT2D eigenvalue weighted by molar-refractivity contribution is -0.120. The minimum atomic E-state index is -0.828. The lowest BCUT2D eigenvalue weighted by Gasteiger charge is -2.15. The van der Waals surface area contributed by atoms with E-state index in [4.69, 9.17) is 11.0 Å². The van der Waals surface area contributed by atoms with Crippen LogP contribution in [0.3, 0.4) is 0 Å². The Morgan fingerprint density at radius 3 is 2.68 bits per heavy atom. The molecule has 0 unspecified atom stereocenters. The van der Waals surface area contributed by atoms with E-state index in [-0.39, 0.29) is 12.3 Å². The van der Waals surface area contributed by atoms with Gasteiger partial charge in [-0.1, -0.05) is 6.07 Å². The standard InChI is InChI=1S/C15H18N4O3/c1-10(20)18-12-6-4-5-11(9-12)15(22)19-13(14(17)21)7-2-3-8-16/h4-6,9,13H,2-3,7H2,1H3,(H2,17,21)(H,18,20)(H,19,22)/t13-/m1/s1. The topological polar surface area (TPSA) is 125 Å². The van der Waals surface area contributed by atoms with Gasteiger partial charge < -0.3 is 16.4 Å². The smallest absolute Gasteiger partial charge is 0.252 e. The molecular weight excluding hydrogens is 284 g/mol. The highest BCUT2D eigenvalue weighted by molar-refractivity contribution is 5.99. The van der Waals surface area contributed by atoms with Crippen molar-refractivity contribution >= 4 is 23.4 Å². The van der Waals surface area contributed by atoms with Crippen molar-refractivity contribution in [3.8, 4) is 6.07 Å². The molecule has 0 aliphatic carbocycles. The first-order chi connectivity index (χ1) is 10.4. The summed E-state index contributed by atoms with van der Waals surface area (Å²) in [5, 5.41) is 13.6. The van der Waals surface area contributed by atoms with Gasteiger partial charge in [-0.15, -0.1) is 0 Å². The normalized spacial score (nSPS) is 11.1. The summed E-state index contributed by atoms with van der Waals surface area (Å²) in [5.41, 5.74) is 6.04.